The van der Waals surface area contributed by atoms with Gasteiger partial charge in [0, 0.05) is 17.6 Å². The molecular formula is C9H20BrNO2S. The average molecular weight is 286 g/mol. The Balaban J connectivity index is 3.83. The van der Waals surface area contributed by atoms with Crippen molar-refractivity contribution < 1.29 is 8.42 Å². The minimum absolute atomic E-state index is 0.253. The Labute approximate surface area is 95.9 Å². The normalized spacial score (nSPS) is 12.3. The summed E-state index contributed by atoms with van der Waals surface area (Å²) >= 11 is 3.37. The minimum atomic E-state index is -2.80. The second-order valence-corrected chi connectivity index (χ2v) is 6.48. The van der Waals surface area contributed by atoms with Gasteiger partial charge in [0.2, 0.25) is 0 Å². The minimum Gasteiger partial charge on any atom is -0.303 e. The SMILES string of the molecule is CCN(CCCBr)CCS(=O)(=O)CC. The van der Waals surface area contributed by atoms with Gasteiger partial charge in [0.1, 0.15) is 0 Å². The van der Waals surface area contributed by atoms with Crippen LogP contribution in [0.15, 0.2) is 0 Å². The number of sulfone groups is 1. The summed E-state index contributed by atoms with van der Waals surface area (Å²) in [5.41, 5.74) is 0. The molecule has 3 nitrogen and oxygen atoms in total. The van der Waals surface area contributed by atoms with Crippen LogP contribution >= 0.6 is 15.9 Å². The van der Waals surface area contributed by atoms with Gasteiger partial charge in [-0.05, 0) is 19.5 Å². The smallest absolute Gasteiger partial charge is 0.151 e. The molecule has 0 aromatic rings. The van der Waals surface area contributed by atoms with Crippen molar-refractivity contribution in [2.75, 3.05) is 36.5 Å². The van der Waals surface area contributed by atoms with Crippen LogP contribution in [-0.4, -0.2) is 49.8 Å². The second kappa shape index (κ2) is 7.65. The summed E-state index contributed by atoms with van der Waals surface area (Å²) in [4.78, 5) is 2.18. The van der Waals surface area contributed by atoms with Gasteiger partial charge in [0.05, 0.1) is 5.75 Å². The maximum Gasteiger partial charge on any atom is 0.151 e. The molecule has 0 aliphatic rings. The van der Waals surface area contributed by atoms with Crippen molar-refractivity contribution in [2.45, 2.75) is 20.3 Å². The van der Waals surface area contributed by atoms with E-state index in [1.54, 1.807) is 6.92 Å². The average Bonchev–Trinajstić information content (AvgIpc) is 2.18. The van der Waals surface area contributed by atoms with Gasteiger partial charge in [-0.1, -0.05) is 29.8 Å². The van der Waals surface area contributed by atoms with Crippen molar-refractivity contribution in [3.8, 4) is 0 Å². The highest BCUT2D eigenvalue weighted by molar-refractivity contribution is 9.09. The first kappa shape index (κ1) is 14.4. The molecule has 0 rings (SSSR count). The van der Waals surface area contributed by atoms with Gasteiger partial charge in [0.15, 0.2) is 9.84 Å². The Morgan fingerprint density at radius 2 is 1.86 bits per heavy atom. The number of hydrogen-bond acceptors (Lipinski definition) is 3. The van der Waals surface area contributed by atoms with E-state index in [2.05, 4.69) is 27.8 Å². The first-order valence-electron chi connectivity index (χ1n) is 5.04. The summed E-state index contributed by atoms with van der Waals surface area (Å²) in [5.74, 6) is 0.544. The van der Waals surface area contributed by atoms with Gasteiger partial charge >= 0.3 is 0 Å². The summed E-state index contributed by atoms with van der Waals surface area (Å²) in [5, 5.41) is 0.976. The van der Waals surface area contributed by atoms with Gasteiger partial charge < -0.3 is 4.90 Å². The highest BCUT2D eigenvalue weighted by Gasteiger charge is 2.10. The zero-order valence-electron chi connectivity index (χ0n) is 9.00. The number of hydrogen-bond donors (Lipinski definition) is 0. The van der Waals surface area contributed by atoms with Crippen LogP contribution in [0.3, 0.4) is 0 Å². The topological polar surface area (TPSA) is 37.4 Å². The lowest BCUT2D eigenvalue weighted by Crippen LogP contribution is -2.30. The summed E-state index contributed by atoms with van der Waals surface area (Å²) in [6.45, 7) is 6.32. The summed E-state index contributed by atoms with van der Waals surface area (Å²) in [6.07, 6.45) is 1.07. The molecule has 5 heteroatoms. The molecule has 0 amide bonds. The summed E-state index contributed by atoms with van der Waals surface area (Å²) in [7, 11) is -2.80. The molecule has 0 bridgehead atoms. The molecular weight excluding hydrogens is 266 g/mol. The molecule has 0 aliphatic heterocycles. The Hall–Kier alpha value is 0.390. The van der Waals surface area contributed by atoms with Crippen LogP contribution in [0.1, 0.15) is 20.3 Å². The van der Waals surface area contributed by atoms with Crippen molar-refractivity contribution in [3.05, 3.63) is 0 Å². The number of halogens is 1. The van der Waals surface area contributed by atoms with Crippen LogP contribution < -0.4 is 0 Å². The third-order valence-electron chi connectivity index (χ3n) is 2.21. The van der Waals surface area contributed by atoms with Gasteiger partial charge in [-0.3, -0.25) is 0 Å². The van der Waals surface area contributed by atoms with E-state index < -0.39 is 9.84 Å². The van der Waals surface area contributed by atoms with Crippen molar-refractivity contribution in [2.24, 2.45) is 0 Å². The van der Waals surface area contributed by atoms with E-state index in [1.165, 1.54) is 0 Å². The molecule has 0 spiro atoms. The van der Waals surface area contributed by atoms with Crippen LogP contribution in [0.4, 0.5) is 0 Å². The van der Waals surface area contributed by atoms with Gasteiger partial charge in [0.25, 0.3) is 0 Å². The monoisotopic (exact) mass is 285 g/mol. The fraction of sp³-hybridized carbons (Fsp3) is 1.00. The number of alkyl halides is 1. The largest absolute Gasteiger partial charge is 0.303 e. The summed E-state index contributed by atoms with van der Waals surface area (Å²) in [6, 6.07) is 0. The highest BCUT2D eigenvalue weighted by atomic mass is 79.9. The molecule has 0 heterocycles. The fourth-order valence-corrected chi connectivity index (χ4v) is 2.20. The van der Waals surface area contributed by atoms with Crippen LogP contribution in [-0.2, 0) is 9.84 Å². The van der Waals surface area contributed by atoms with E-state index in [4.69, 9.17) is 0 Å². The Kier molecular flexibility index (Phi) is 7.86. The van der Waals surface area contributed by atoms with Crippen molar-refractivity contribution in [1.29, 1.82) is 0 Å². The lowest BCUT2D eigenvalue weighted by atomic mass is 10.4. The fourth-order valence-electron chi connectivity index (χ4n) is 1.12. The lowest BCUT2D eigenvalue weighted by Gasteiger charge is -2.19. The van der Waals surface area contributed by atoms with Gasteiger partial charge in [-0.2, -0.15) is 0 Å². The molecule has 0 fully saturated rings. The van der Waals surface area contributed by atoms with E-state index in [0.29, 0.717) is 12.3 Å². The van der Waals surface area contributed by atoms with Crippen molar-refractivity contribution in [3.63, 3.8) is 0 Å². The molecule has 0 radical (unpaired) electrons. The molecule has 0 unspecified atom stereocenters. The van der Waals surface area contributed by atoms with E-state index in [1.807, 2.05) is 0 Å². The Morgan fingerprint density at radius 1 is 1.21 bits per heavy atom. The molecule has 0 N–H and O–H groups in total. The number of rotatable bonds is 8. The zero-order chi connectivity index (χ0) is 11.0. The van der Waals surface area contributed by atoms with Crippen molar-refractivity contribution >= 4 is 25.8 Å². The third-order valence-corrected chi connectivity index (χ3v) is 4.46. The molecule has 0 aliphatic carbocycles. The maximum absolute atomic E-state index is 11.3. The molecule has 0 aromatic heterocycles. The van der Waals surface area contributed by atoms with E-state index in [-0.39, 0.29) is 5.75 Å². The second-order valence-electron chi connectivity index (χ2n) is 3.21. The molecule has 0 saturated carbocycles. The highest BCUT2D eigenvalue weighted by Crippen LogP contribution is 1.97. The van der Waals surface area contributed by atoms with Crippen LogP contribution in [0.2, 0.25) is 0 Å². The van der Waals surface area contributed by atoms with Crippen molar-refractivity contribution in [1.82, 2.24) is 4.90 Å². The zero-order valence-corrected chi connectivity index (χ0v) is 11.4. The van der Waals surface area contributed by atoms with E-state index >= 15 is 0 Å². The van der Waals surface area contributed by atoms with E-state index in [0.717, 1.165) is 24.8 Å². The molecule has 14 heavy (non-hydrogen) atoms. The number of nitrogens with zero attached hydrogens (tertiary/aromatic N) is 1. The molecule has 0 saturated heterocycles. The maximum atomic E-state index is 11.3. The molecule has 0 aromatic carbocycles. The standard InChI is InChI=1S/C9H20BrNO2S/c1-3-11(7-5-6-10)8-9-14(12,13)4-2/h3-9H2,1-2H3. The molecule has 86 valence electrons. The van der Waals surface area contributed by atoms with Crippen LogP contribution in [0.25, 0.3) is 0 Å². The first-order valence-corrected chi connectivity index (χ1v) is 7.98. The van der Waals surface area contributed by atoms with Gasteiger partial charge in [-0.25, -0.2) is 8.42 Å². The van der Waals surface area contributed by atoms with Crippen LogP contribution in [0, 0.1) is 0 Å². The first-order chi connectivity index (χ1) is 6.55. The van der Waals surface area contributed by atoms with Crippen LogP contribution in [0.5, 0.6) is 0 Å². The molecule has 0 atom stereocenters. The lowest BCUT2D eigenvalue weighted by molar-refractivity contribution is 0.306. The predicted molar refractivity (Wildman–Crippen MR) is 64.9 cm³/mol. The predicted octanol–water partition coefficient (Wildman–Crippen LogP) is 1.53. The van der Waals surface area contributed by atoms with E-state index in [9.17, 15) is 8.42 Å². The Morgan fingerprint density at radius 3 is 2.29 bits per heavy atom. The summed E-state index contributed by atoms with van der Waals surface area (Å²) < 4.78 is 22.5. The Bertz CT molecular complexity index is 229. The third kappa shape index (κ3) is 6.79. The quantitative estimate of drug-likeness (QED) is 0.635. The van der Waals surface area contributed by atoms with Gasteiger partial charge in [-0.15, -0.1) is 0 Å².